The third-order valence-electron chi connectivity index (χ3n) is 2.49. The van der Waals surface area contributed by atoms with Gasteiger partial charge in [-0.15, -0.1) is 0 Å². The fourth-order valence-electron chi connectivity index (χ4n) is 1.36. The predicted molar refractivity (Wildman–Crippen MR) is 64.3 cm³/mol. The lowest BCUT2D eigenvalue weighted by Crippen LogP contribution is -2.28. The van der Waals surface area contributed by atoms with Crippen LogP contribution in [0.2, 0.25) is 5.02 Å². The second-order valence-electron chi connectivity index (χ2n) is 3.70. The molecule has 15 heavy (non-hydrogen) atoms. The van der Waals surface area contributed by atoms with Crippen LogP contribution in [0.5, 0.6) is 0 Å². The summed E-state index contributed by atoms with van der Waals surface area (Å²) >= 11 is 6.10. The molecule has 1 aromatic carbocycles. The Morgan fingerprint density at radius 2 is 2.00 bits per heavy atom. The van der Waals surface area contributed by atoms with Crippen LogP contribution in [0, 0.1) is 0 Å². The van der Waals surface area contributed by atoms with Gasteiger partial charge in [0.2, 0.25) is 0 Å². The van der Waals surface area contributed by atoms with E-state index in [0.29, 0.717) is 0 Å². The fraction of sp³-hybridized carbons (Fsp3) is 0.500. The maximum absolute atomic E-state index is 6.10. The molecule has 0 aliphatic heterocycles. The Bertz CT molecular complexity index is 303. The fourth-order valence-corrected chi connectivity index (χ4v) is 1.66. The van der Waals surface area contributed by atoms with Crippen molar-refractivity contribution in [3.8, 4) is 0 Å². The second-order valence-corrected chi connectivity index (χ2v) is 4.10. The van der Waals surface area contributed by atoms with Crippen LogP contribution in [-0.4, -0.2) is 19.8 Å². The minimum atomic E-state index is 0.218. The molecule has 0 amide bonds. The van der Waals surface area contributed by atoms with Crippen LogP contribution in [0.15, 0.2) is 24.3 Å². The van der Waals surface area contributed by atoms with Gasteiger partial charge in [0.15, 0.2) is 0 Å². The maximum atomic E-state index is 6.10. The van der Waals surface area contributed by atoms with Gasteiger partial charge in [-0.2, -0.15) is 0 Å². The number of methoxy groups -OCH3 is 1. The normalized spacial score (nSPS) is 14.9. The zero-order valence-electron chi connectivity index (χ0n) is 9.46. The average Bonchev–Trinajstić information content (AvgIpc) is 2.26. The van der Waals surface area contributed by atoms with Crippen LogP contribution in [0.25, 0.3) is 0 Å². The second kappa shape index (κ2) is 6.11. The minimum Gasteiger partial charge on any atom is -0.380 e. The molecule has 2 nitrogen and oxygen atoms in total. The molecule has 1 rings (SSSR count). The first-order valence-electron chi connectivity index (χ1n) is 5.15. The largest absolute Gasteiger partial charge is 0.380 e. The first-order chi connectivity index (χ1) is 7.15. The number of halogens is 1. The smallest absolute Gasteiger partial charge is 0.0667 e. The molecule has 1 unspecified atom stereocenters. The molecule has 0 saturated carbocycles. The number of benzene rings is 1. The van der Waals surface area contributed by atoms with E-state index in [2.05, 4.69) is 12.2 Å². The van der Waals surface area contributed by atoms with E-state index in [1.165, 1.54) is 0 Å². The van der Waals surface area contributed by atoms with Crippen molar-refractivity contribution in [2.24, 2.45) is 0 Å². The van der Waals surface area contributed by atoms with Crippen molar-refractivity contribution >= 4 is 11.6 Å². The van der Waals surface area contributed by atoms with Crippen molar-refractivity contribution in [3.05, 3.63) is 34.9 Å². The highest BCUT2D eigenvalue weighted by Gasteiger charge is 2.09. The molecule has 2 atom stereocenters. The van der Waals surface area contributed by atoms with Gasteiger partial charge in [-0.05, 0) is 25.5 Å². The molecule has 1 aromatic rings. The van der Waals surface area contributed by atoms with Gasteiger partial charge >= 0.3 is 0 Å². The van der Waals surface area contributed by atoms with Crippen molar-refractivity contribution in [2.45, 2.75) is 26.0 Å². The molecule has 0 saturated heterocycles. The van der Waals surface area contributed by atoms with Gasteiger partial charge in [0, 0.05) is 24.7 Å². The molecule has 0 aliphatic carbocycles. The third-order valence-corrected chi connectivity index (χ3v) is 2.83. The maximum Gasteiger partial charge on any atom is 0.0667 e. The van der Waals surface area contributed by atoms with Gasteiger partial charge in [0.05, 0.1) is 6.10 Å². The van der Waals surface area contributed by atoms with Crippen molar-refractivity contribution in [2.75, 3.05) is 13.7 Å². The molecule has 1 N–H and O–H groups in total. The van der Waals surface area contributed by atoms with Gasteiger partial charge in [-0.3, -0.25) is 0 Å². The predicted octanol–water partition coefficient (Wildman–Crippen LogP) is 3.03. The molecule has 0 fully saturated rings. The van der Waals surface area contributed by atoms with E-state index in [1.807, 2.05) is 31.2 Å². The zero-order valence-corrected chi connectivity index (χ0v) is 10.2. The molecule has 0 aliphatic rings. The summed E-state index contributed by atoms with van der Waals surface area (Å²) in [5.74, 6) is 0. The number of ether oxygens (including phenoxy) is 1. The summed E-state index contributed by atoms with van der Waals surface area (Å²) in [5, 5.41) is 4.19. The summed E-state index contributed by atoms with van der Waals surface area (Å²) in [4.78, 5) is 0. The highest BCUT2D eigenvalue weighted by molar-refractivity contribution is 6.31. The summed E-state index contributed by atoms with van der Waals surface area (Å²) in [6.45, 7) is 4.96. The van der Waals surface area contributed by atoms with Gasteiger partial charge in [0.25, 0.3) is 0 Å². The molecule has 0 radical (unpaired) electrons. The standard InChI is InChI=1S/C12H18ClNO/c1-9(15-3)8-14-10(2)11-6-4-5-7-12(11)13/h4-7,9-10,14H,8H2,1-3H3/t9?,10-/m1/s1. The number of nitrogens with one attached hydrogen (secondary N) is 1. The van der Waals surface area contributed by atoms with E-state index in [1.54, 1.807) is 7.11 Å². The highest BCUT2D eigenvalue weighted by Crippen LogP contribution is 2.21. The van der Waals surface area contributed by atoms with Gasteiger partial charge in [-0.1, -0.05) is 29.8 Å². The Labute approximate surface area is 96.6 Å². The Hall–Kier alpha value is -0.570. The monoisotopic (exact) mass is 227 g/mol. The van der Waals surface area contributed by atoms with E-state index in [9.17, 15) is 0 Å². The Kier molecular flexibility index (Phi) is 5.09. The van der Waals surface area contributed by atoms with Crippen molar-refractivity contribution in [3.63, 3.8) is 0 Å². The van der Waals surface area contributed by atoms with Crippen molar-refractivity contribution < 1.29 is 4.74 Å². The molecular weight excluding hydrogens is 210 g/mol. The quantitative estimate of drug-likeness (QED) is 0.835. The van der Waals surface area contributed by atoms with Crippen LogP contribution >= 0.6 is 11.6 Å². The van der Waals surface area contributed by atoms with E-state index in [-0.39, 0.29) is 12.1 Å². The first kappa shape index (κ1) is 12.5. The van der Waals surface area contributed by atoms with Crippen LogP contribution in [-0.2, 0) is 4.74 Å². The van der Waals surface area contributed by atoms with Gasteiger partial charge < -0.3 is 10.1 Å². The van der Waals surface area contributed by atoms with Crippen LogP contribution in [0.4, 0.5) is 0 Å². The molecular formula is C12H18ClNO. The minimum absolute atomic E-state index is 0.218. The Balaban J connectivity index is 2.54. The van der Waals surface area contributed by atoms with E-state index in [0.717, 1.165) is 17.1 Å². The lowest BCUT2D eigenvalue weighted by atomic mass is 10.1. The summed E-state index contributed by atoms with van der Waals surface area (Å²) in [5.41, 5.74) is 1.13. The number of hydrogen-bond acceptors (Lipinski definition) is 2. The molecule has 0 spiro atoms. The average molecular weight is 228 g/mol. The lowest BCUT2D eigenvalue weighted by Gasteiger charge is -2.18. The van der Waals surface area contributed by atoms with Crippen molar-refractivity contribution in [1.82, 2.24) is 5.32 Å². The van der Waals surface area contributed by atoms with E-state index >= 15 is 0 Å². The zero-order chi connectivity index (χ0) is 11.3. The number of hydrogen-bond donors (Lipinski definition) is 1. The Morgan fingerprint density at radius 3 is 2.60 bits per heavy atom. The first-order valence-corrected chi connectivity index (χ1v) is 5.53. The van der Waals surface area contributed by atoms with E-state index < -0.39 is 0 Å². The SMILES string of the molecule is COC(C)CN[C@H](C)c1ccccc1Cl. The highest BCUT2D eigenvalue weighted by atomic mass is 35.5. The van der Waals surface area contributed by atoms with Crippen LogP contribution < -0.4 is 5.32 Å². The summed E-state index contributed by atoms with van der Waals surface area (Å²) < 4.78 is 5.17. The van der Waals surface area contributed by atoms with Crippen LogP contribution in [0.1, 0.15) is 25.5 Å². The van der Waals surface area contributed by atoms with Gasteiger partial charge in [-0.25, -0.2) is 0 Å². The van der Waals surface area contributed by atoms with Crippen LogP contribution in [0.3, 0.4) is 0 Å². The van der Waals surface area contributed by atoms with Crippen molar-refractivity contribution in [1.29, 1.82) is 0 Å². The summed E-state index contributed by atoms with van der Waals surface area (Å²) in [7, 11) is 1.71. The topological polar surface area (TPSA) is 21.3 Å². The van der Waals surface area contributed by atoms with E-state index in [4.69, 9.17) is 16.3 Å². The summed E-state index contributed by atoms with van der Waals surface area (Å²) in [6, 6.07) is 8.14. The molecule has 3 heteroatoms. The Morgan fingerprint density at radius 1 is 1.33 bits per heavy atom. The third kappa shape index (κ3) is 3.82. The molecule has 0 bridgehead atoms. The number of rotatable bonds is 5. The summed E-state index contributed by atoms with van der Waals surface area (Å²) in [6.07, 6.45) is 0.218. The molecule has 84 valence electrons. The lowest BCUT2D eigenvalue weighted by molar-refractivity contribution is 0.115. The molecule has 0 aromatic heterocycles. The molecule has 0 heterocycles. The van der Waals surface area contributed by atoms with Gasteiger partial charge in [0.1, 0.15) is 0 Å².